The van der Waals surface area contributed by atoms with Gasteiger partial charge in [-0.3, -0.25) is 9.52 Å². The Morgan fingerprint density at radius 3 is 2.14 bits per heavy atom. The van der Waals surface area contributed by atoms with Crippen molar-refractivity contribution in [2.45, 2.75) is 25.2 Å². The molecule has 3 N–H and O–H groups in total. The maximum absolute atomic E-state index is 12.5. The maximum atomic E-state index is 12.5. The number of amides is 1. The molecule has 0 aliphatic heterocycles. The molecule has 0 heterocycles. The van der Waals surface area contributed by atoms with Crippen LogP contribution in [0.25, 0.3) is 0 Å². The Labute approximate surface area is 165 Å². The molecule has 28 heavy (non-hydrogen) atoms. The van der Waals surface area contributed by atoms with Crippen LogP contribution in [0.1, 0.15) is 29.3 Å². The Morgan fingerprint density at radius 2 is 1.57 bits per heavy atom. The van der Waals surface area contributed by atoms with Gasteiger partial charge in [-0.2, -0.15) is 0 Å². The smallest absolute Gasteiger partial charge is 0.255 e. The first kappa shape index (κ1) is 21.9. The lowest BCUT2D eigenvalue weighted by Crippen LogP contribution is -2.19. The molecule has 0 unspecified atom stereocenters. The first-order valence-electron chi connectivity index (χ1n) is 8.54. The van der Waals surface area contributed by atoms with Gasteiger partial charge in [-0.25, -0.2) is 21.6 Å². The summed E-state index contributed by atoms with van der Waals surface area (Å²) < 4.78 is 52.2. The molecule has 0 aromatic heterocycles. The van der Waals surface area contributed by atoms with E-state index in [1.54, 1.807) is 32.0 Å². The zero-order valence-electron chi connectivity index (χ0n) is 15.8. The summed E-state index contributed by atoms with van der Waals surface area (Å²) in [6, 6.07) is 10.4. The van der Waals surface area contributed by atoms with Gasteiger partial charge in [0.25, 0.3) is 5.91 Å². The van der Waals surface area contributed by atoms with Gasteiger partial charge in [0, 0.05) is 11.3 Å². The van der Waals surface area contributed by atoms with Crippen LogP contribution in [0.15, 0.2) is 47.4 Å². The van der Waals surface area contributed by atoms with E-state index in [-0.39, 0.29) is 16.2 Å². The van der Waals surface area contributed by atoms with Crippen molar-refractivity contribution in [3.63, 3.8) is 0 Å². The predicted molar refractivity (Wildman–Crippen MR) is 110 cm³/mol. The SMILES string of the molecule is CCCS(=O)(=O)Nc1cccc(NC(=O)c2ccc(S(=O)(=O)NC)cc2)c1C. The molecule has 1 amide bonds. The van der Waals surface area contributed by atoms with Crippen LogP contribution >= 0.6 is 0 Å². The average Bonchev–Trinajstić information content (AvgIpc) is 2.64. The van der Waals surface area contributed by atoms with E-state index in [1.807, 2.05) is 0 Å². The van der Waals surface area contributed by atoms with Crippen LogP contribution in [0, 0.1) is 6.92 Å². The van der Waals surface area contributed by atoms with Crippen molar-refractivity contribution in [3.05, 3.63) is 53.6 Å². The molecule has 0 fully saturated rings. The number of carbonyl (C=O) groups is 1. The number of hydrogen-bond donors (Lipinski definition) is 3. The Hall–Kier alpha value is -2.43. The fourth-order valence-electron chi connectivity index (χ4n) is 2.47. The molecule has 10 heteroatoms. The lowest BCUT2D eigenvalue weighted by Gasteiger charge is -2.14. The standard InChI is InChI=1S/C18H23N3O5S2/c1-4-12-27(23,24)21-17-7-5-6-16(13(17)2)20-18(22)14-8-10-15(11-9-14)28(25,26)19-3/h5-11,19,21H,4,12H2,1-3H3,(H,20,22). The Bertz CT molecular complexity index is 1060. The van der Waals surface area contributed by atoms with Crippen molar-refractivity contribution in [2.24, 2.45) is 0 Å². The molecular formula is C18H23N3O5S2. The van der Waals surface area contributed by atoms with Gasteiger partial charge in [-0.05, 0) is 62.4 Å². The summed E-state index contributed by atoms with van der Waals surface area (Å²) in [6.07, 6.45) is 0.490. The molecule has 0 saturated carbocycles. The second kappa shape index (κ2) is 8.72. The van der Waals surface area contributed by atoms with Crippen LogP contribution in [0.4, 0.5) is 11.4 Å². The average molecular weight is 426 g/mol. The normalized spacial score (nSPS) is 11.8. The van der Waals surface area contributed by atoms with Crippen LogP contribution in [-0.2, 0) is 20.0 Å². The molecule has 0 bridgehead atoms. The molecule has 0 spiro atoms. The van der Waals surface area contributed by atoms with E-state index in [2.05, 4.69) is 14.8 Å². The highest BCUT2D eigenvalue weighted by Gasteiger charge is 2.15. The lowest BCUT2D eigenvalue weighted by molar-refractivity contribution is 0.102. The molecule has 2 rings (SSSR count). The van der Waals surface area contributed by atoms with Crippen LogP contribution < -0.4 is 14.8 Å². The minimum atomic E-state index is -3.58. The fourth-order valence-corrected chi connectivity index (χ4v) is 4.39. The lowest BCUT2D eigenvalue weighted by atomic mass is 10.1. The number of benzene rings is 2. The summed E-state index contributed by atoms with van der Waals surface area (Å²) in [6.45, 7) is 3.47. The number of hydrogen-bond acceptors (Lipinski definition) is 5. The molecular weight excluding hydrogens is 402 g/mol. The van der Waals surface area contributed by atoms with Gasteiger partial charge >= 0.3 is 0 Å². The third-order valence-electron chi connectivity index (χ3n) is 4.02. The van der Waals surface area contributed by atoms with E-state index < -0.39 is 26.0 Å². The van der Waals surface area contributed by atoms with E-state index >= 15 is 0 Å². The van der Waals surface area contributed by atoms with Gasteiger partial charge in [0.05, 0.1) is 16.3 Å². The van der Waals surface area contributed by atoms with Gasteiger partial charge in [-0.15, -0.1) is 0 Å². The van der Waals surface area contributed by atoms with Crippen molar-refractivity contribution in [1.82, 2.24) is 4.72 Å². The minimum Gasteiger partial charge on any atom is -0.322 e. The van der Waals surface area contributed by atoms with Gasteiger partial charge in [-0.1, -0.05) is 13.0 Å². The van der Waals surface area contributed by atoms with Crippen LogP contribution in [0.5, 0.6) is 0 Å². The molecule has 8 nitrogen and oxygen atoms in total. The summed E-state index contributed by atoms with van der Waals surface area (Å²) in [5.74, 6) is -0.435. The molecule has 0 atom stereocenters. The zero-order valence-corrected chi connectivity index (χ0v) is 17.4. The molecule has 2 aromatic carbocycles. The van der Waals surface area contributed by atoms with Gasteiger partial charge in [0.15, 0.2) is 0 Å². The van der Waals surface area contributed by atoms with Crippen LogP contribution in [-0.4, -0.2) is 35.5 Å². The summed E-state index contributed by atoms with van der Waals surface area (Å²) >= 11 is 0. The van der Waals surface area contributed by atoms with Gasteiger partial charge in [0.2, 0.25) is 20.0 Å². The maximum Gasteiger partial charge on any atom is 0.255 e. The Balaban J connectivity index is 2.22. The molecule has 0 radical (unpaired) electrons. The fraction of sp³-hybridized carbons (Fsp3) is 0.278. The van der Waals surface area contributed by atoms with E-state index in [0.29, 0.717) is 23.4 Å². The largest absolute Gasteiger partial charge is 0.322 e. The molecule has 0 aliphatic rings. The number of carbonyl (C=O) groups excluding carboxylic acids is 1. The highest BCUT2D eigenvalue weighted by Crippen LogP contribution is 2.25. The van der Waals surface area contributed by atoms with Crippen LogP contribution in [0.2, 0.25) is 0 Å². The van der Waals surface area contributed by atoms with E-state index in [4.69, 9.17) is 0 Å². The first-order chi connectivity index (χ1) is 13.1. The quantitative estimate of drug-likeness (QED) is 0.599. The second-order valence-corrected chi connectivity index (χ2v) is 9.81. The van der Waals surface area contributed by atoms with E-state index in [0.717, 1.165) is 0 Å². The third-order valence-corrected chi connectivity index (χ3v) is 6.92. The van der Waals surface area contributed by atoms with Crippen LogP contribution in [0.3, 0.4) is 0 Å². The topological polar surface area (TPSA) is 121 Å². The summed E-state index contributed by atoms with van der Waals surface area (Å²) in [4.78, 5) is 12.5. The van der Waals surface area contributed by atoms with Crippen molar-refractivity contribution in [2.75, 3.05) is 22.8 Å². The van der Waals surface area contributed by atoms with Crippen molar-refractivity contribution in [3.8, 4) is 0 Å². The first-order valence-corrected chi connectivity index (χ1v) is 11.7. The Kier molecular flexibility index (Phi) is 6.81. The van der Waals surface area contributed by atoms with E-state index in [9.17, 15) is 21.6 Å². The zero-order chi connectivity index (χ0) is 20.9. The minimum absolute atomic E-state index is 0.00486. The van der Waals surface area contributed by atoms with Crippen molar-refractivity contribution >= 4 is 37.3 Å². The van der Waals surface area contributed by atoms with Crippen molar-refractivity contribution in [1.29, 1.82) is 0 Å². The molecule has 152 valence electrons. The third kappa shape index (κ3) is 5.31. The second-order valence-electron chi connectivity index (χ2n) is 6.09. The molecule has 0 saturated heterocycles. The molecule has 0 aliphatic carbocycles. The number of sulfonamides is 2. The monoisotopic (exact) mass is 425 g/mol. The van der Waals surface area contributed by atoms with Crippen molar-refractivity contribution < 1.29 is 21.6 Å². The highest BCUT2D eigenvalue weighted by atomic mass is 32.2. The predicted octanol–water partition coefficient (Wildman–Crippen LogP) is 2.31. The molecule has 2 aromatic rings. The summed E-state index contributed by atoms with van der Waals surface area (Å²) in [5, 5.41) is 2.72. The number of nitrogens with one attached hydrogen (secondary N) is 3. The number of anilines is 2. The summed E-state index contributed by atoms with van der Waals surface area (Å²) in [5.41, 5.74) is 1.69. The van der Waals surface area contributed by atoms with Gasteiger partial charge < -0.3 is 5.32 Å². The van der Waals surface area contributed by atoms with Gasteiger partial charge in [0.1, 0.15) is 0 Å². The number of rotatable bonds is 8. The highest BCUT2D eigenvalue weighted by molar-refractivity contribution is 7.92. The Morgan fingerprint density at radius 1 is 0.964 bits per heavy atom. The van der Waals surface area contributed by atoms with E-state index in [1.165, 1.54) is 31.3 Å². The summed E-state index contributed by atoms with van der Waals surface area (Å²) in [7, 11) is -5.73.